The molecule has 0 aromatic heterocycles. The molecule has 0 N–H and O–H groups in total. The highest BCUT2D eigenvalue weighted by atomic mass is 79.9. The summed E-state index contributed by atoms with van der Waals surface area (Å²) in [5.41, 5.74) is 0.413. The first kappa shape index (κ1) is 13.8. The number of rotatable bonds is 5. The maximum Gasteiger partial charge on any atom is 0.0530 e. The Balaban J connectivity index is 1.73. The van der Waals surface area contributed by atoms with E-state index >= 15 is 0 Å². The van der Waals surface area contributed by atoms with E-state index in [2.05, 4.69) is 15.9 Å². The van der Waals surface area contributed by atoms with Crippen molar-refractivity contribution in [3.63, 3.8) is 0 Å². The molecule has 2 nitrogen and oxygen atoms in total. The summed E-state index contributed by atoms with van der Waals surface area (Å²) in [5, 5.41) is 1.10. The van der Waals surface area contributed by atoms with Crippen LogP contribution in [0.4, 0.5) is 0 Å². The van der Waals surface area contributed by atoms with Gasteiger partial charge in [-0.2, -0.15) is 0 Å². The van der Waals surface area contributed by atoms with Crippen LogP contribution in [0.5, 0.6) is 0 Å². The highest BCUT2D eigenvalue weighted by molar-refractivity contribution is 9.09. The summed E-state index contributed by atoms with van der Waals surface area (Å²) in [5.74, 6) is 0.646. The second-order valence-electron chi connectivity index (χ2n) is 5.79. The van der Waals surface area contributed by atoms with Gasteiger partial charge in [-0.15, -0.1) is 0 Å². The normalized spacial score (nSPS) is 29.1. The SMILES string of the molecule is BrCC1(COCC2CCOC2)CCCCCC1. The van der Waals surface area contributed by atoms with Crippen LogP contribution in [-0.4, -0.2) is 31.8 Å². The Labute approximate surface area is 114 Å². The number of alkyl halides is 1. The van der Waals surface area contributed by atoms with Gasteiger partial charge in [0.05, 0.1) is 19.8 Å². The standard InChI is InChI=1S/C14H25BrO2/c15-11-14(6-3-1-2-4-7-14)12-17-10-13-5-8-16-9-13/h13H,1-12H2. The van der Waals surface area contributed by atoms with E-state index < -0.39 is 0 Å². The van der Waals surface area contributed by atoms with E-state index in [1.54, 1.807) is 0 Å². The van der Waals surface area contributed by atoms with Gasteiger partial charge in [0.15, 0.2) is 0 Å². The van der Waals surface area contributed by atoms with Crippen molar-refractivity contribution in [3.05, 3.63) is 0 Å². The first-order valence-electron chi connectivity index (χ1n) is 7.06. The van der Waals surface area contributed by atoms with Crippen LogP contribution in [0.25, 0.3) is 0 Å². The van der Waals surface area contributed by atoms with E-state index in [-0.39, 0.29) is 0 Å². The van der Waals surface area contributed by atoms with Crippen molar-refractivity contribution >= 4 is 15.9 Å². The van der Waals surface area contributed by atoms with Crippen molar-refractivity contribution < 1.29 is 9.47 Å². The van der Waals surface area contributed by atoms with Crippen molar-refractivity contribution in [1.29, 1.82) is 0 Å². The minimum absolute atomic E-state index is 0.413. The van der Waals surface area contributed by atoms with E-state index in [0.717, 1.165) is 31.8 Å². The van der Waals surface area contributed by atoms with Crippen LogP contribution in [0, 0.1) is 11.3 Å². The van der Waals surface area contributed by atoms with Crippen LogP contribution in [0.3, 0.4) is 0 Å². The average Bonchev–Trinajstić information content (AvgIpc) is 2.75. The van der Waals surface area contributed by atoms with Gasteiger partial charge in [0.1, 0.15) is 0 Å². The lowest BCUT2D eigenvalue weighted by Gasteiger charge is -2.30. The van der Waals surface area contributed by atoms with Gasteiger partial charge in [-0.1, -0.05) is 41.6 Å². The van der Waals surface area contributed by atoms with Gasteiger partial charge in [-0.3, -0.25) is 0 Å². The van der Waals surface area contributed by atoms with Crippen LogP contribution < -0.4 is 0 Å². The lowest BCUT2D eigenvalue weighted by molar-refractivity contribution is 0.0257. The van der Waals surface area contributed by atoms with Crippen molar-refractivity contribution in [1.82, 2.24) is 0 Å². The number of halogens is 1. The van der Waals surface area contributed by atoms with Crippen molar-refractivity contribution in [2.24, 2.45) is 11.3 Å². The summed E-state index contributed by atoms with van der Waals surface area (Å²) in [4.78, 5) is 0. The van der Waals surface area contributed by atoms with Gasteiger partial charge in [0.25, 0.3) is 0 Å². The van der Waals surface area contributed by atoms with E-state index in [0.29, 0.717) is 11.3 Å². The molecule has 1 aliphatic heterocycles. The van der Waals surface area contributed by atoms with Crippen LogP contribution in [0.15, 0.2) is 0 Å². The van der Waals surface area contributed by atoms with Crippen molar-refractivity contribution in [2.75, 3.05) is 31.8 Å². The third-order valence-electron chi connectivity index (χ3n) is 4.23. The molecule has 0 amide bonds. The molecule has 1 aliphatic carbocycles. The Morgan fingerprint density at radius 3 is 2.53 bits per heavy atom. The first-order valence-corrected chi connectivity index (χ1v) is 8.18. The second kappa shape index (κ2) is 7.10. The molecule has 3 heteroatoms. The van der Waals surface area contributed by atoms with Crippen LogP contribution >= 0.6 is 15.9 Å². The lowest BCUT2D eigenvalue weighted by Crippen LogP contribution is -2.29. The lowest BCUT2D eigenvalue weighted by atomic mass is 9.83. The van der Waals surface area contributed by atoms with Gasteiger partial charge in [-0.05, 0) is 19.3 Å². The fourth-order valence-corrected chi connectivity index (χ4v) is 3.67. The molecule has 2 rings (SSSR count). The Morgan fingerprint density at radius 1 is 1.18 bits per heavy atom. The Kier molecular flexibility index (Phi) is 5.78. The summed E-state index contributed by atoms with van der Waals surface area (Å²) in [6, 6.07) is 0. The molecule has 1 atom stereocenters. The second-order valence-corrected chi connectivity index (χ2v) is 6.35. The molecule has 1 saturated heterocycles. The Bertz CT molecular complexity index is 206. The first-order chi connectivity index (χ1) is 8.35. The van der Waals surface area contributed by atoms with Gasteiger partial charge in [0.2, 0.25) is 0 Å². The molecule has 2 fully saturated rings. The maximum atomic E-state index is 6.00. The molecule has 0 radical (unpaired) electrons. The molecule has 0 aromatic rings. The third kappa shape index (κ3) is 4.22. The zero-order valence-electron chi connectivity index (χ0n) is 10.8. The highest BCUT2D eigenvalue weighted by Crippen LogP contribution is 2.37. The zero-order valence-corrected chi connectivity index (χ0v) is 12.3. The van der Waals surface area contributed by atoms with Gasteiger partial charge in [0, 0.05) is 23.3 Å². The Hall–Kier alpha value is 0.400. The van der Waals surface area contributed by atoms with E-state index in [1.165, 1.54) is 44.9 Å². The van der Waals surface area contributed by atoms with Crippen molar-refractivity contribution in [2.45, 2.75) is 44.9 Å². The van der Waals surface area contributed by atoms with Gasteiger partial charge >= 0.3 is 0 Å². The largest absolute Gasteiger partial charge is 0.381 e. The highest BCUT2D eigenvalue weighted by Gasteiger charge is 2.30. The average molecular weight is 305 g/mol. The molecule has 1 saturated carbocycles. The summed E-state index contributed by atoms with van der Waals surface area (Å²) in [7, 11) is 0. The minimum atomic E-state index is 0.413. The van der Waals surface area contributed by atoms with Crippen LogP contribution in [0.2, 0.25) is 0 Å². The van der Waals surface area contributed by atoms with Crippen LogP contribution in [0.1, 0.15) is 44.9 Å². The number of hydrogen-bond donors (Lipinski definition) is 0. The monoisotopic (exact) mass is 304 g/mol. The fourth-order valence-electron chi connectivity index (χ4n) is 2.95. The molecule has 100 valence electrons. The van der Waals surface area contributed by atoms with E-state index in [1.807, 2.05) is 0 Å². The minimum Gasteiger partial charge on any atom is -0.381 e. The zero-order chi connectivity index (χ0) is 12.0. The molecule has 0 spiro atoms. The van der Waals surface area contributed by atoms with E-state index in [9.17, 15) is 0 Å². The summed E-state index contributed by atoms with van der Waals surface area (Å²) >= 11 is 3.71. The van der Waals surface area contributed by atoms with E-state index in [4.69, 9.17) is 9.47 Å². The predicted molar refractivity (Wildman–Crippen MR) is 73.7 cm³/mol. The molecule has 2 aliphatic rings. The summed E-state index contributed by atoms with van der Waals surface area (Å²) < 4.78 is 11.4. The predicted octanol–water partition coefficient (Wildman–Crippen LogP) is 3.78. The summed E-state index contributed by atoms with van der Waals surface area (Å²) in [6.45, 7) is 3.67. The van der Waals surface area contributed by atoms with Gasteiger partial charge < -0.3 is 9.47 Å². The topological polar surface area (TPSA) is 18.5 Å². The van der Waals surface area contributed by atoms with Crippen molar-refractivity contribution in [3.8, 4) is 0 Å². The quantitative estimate of drug-likeness (QED) is 0.568. The molecule has 1 heterocycles. The smallest absolute Gasteiger partial charge is 0.0530 e. The maximum absolute atomic E-state index is 6.00. The molecule has 0 bridgehead atoms. The molecular weight excluding hydrogens is 280 g/mol. The molecule has 17 heavy (non-hydrogen) atoms. The summed E-state index contributed by atoms with van der Waals surface area (Å²) in [6.07, 6.45) is 9.42. The third-order valence-corrected chi connectivity index (χ3v) is 5.42. The molecule has 1 unspecified atom stereocenters. The van der Waals surface area contributed by atoms with Crippen LogP contribution in [-0.2, 0) is 9.47 Å². The van der Waals surface area contributed by atoms with Gasteiger partial charge in [-0.25, -0.2) is 0 Å². The molecule has 0 aromatic carbocycles. The molecular formula is C14H25BrO2. The number of ether oxygens (including phenoxy) is 2. The Morgan fingerprint density at radius 2 is 1.94 bits per heavy atom. The number of hydrogen-bond acceptors (Lipinski definition) is 2. The fraction of sp³-hybridized carbons (Fsp3) is 1.00.